The molecule has 1 unspecified atom stereocenters. The van der Waals surface area contributed by atoms with E-state index in [1.165, 1.54) is 58.0 Å². The van der Waals surface area contributed by atoms with Crippen molar-refractivity contribution in [1.29, 1.82) is 0 Å². The molecule has 0 spiro atoms. The monoisotopic (exact) mass is 196 g/mol. The van der Waals surface area contributed by atoms with Gasteiger partial charge in [0, 0.05) is 12.1 Å². The Morgan fingerprint density at radius 2 is 2.07 bits per heavy atom. The Morgan fingerprint density at radius 1 is 1.21 bits per heavy atom. The molecular weight excluding hydrogens is 172 g/mol. The molecule has 0 amide bonds. The largest absolute Gasteiger partial charge is 0.314 e. The lowest BCUT2D eigenvalue weighted by Gasteiger charge is -2.24. The van der Waals surface area contributed by atoms with Crippen molar-refractivity contribution in [2.45, 2.75) is 57.0 Å². The maximum atomic E-state index is 3.62. The van der Waals surface area contributed by atoms with Crippen molar-refractivity contribution in [2.75, 3.05) is 20.1 Å². The molecule has 1 aliphatic carbocycles. The van der Waals surface area contributed by atoms with Crippen LogP contribution >= 0.6 is 0 Å². The quantitative estimate of drug-likeness (QED) is 0.723. The van der Waals surface area contributed by atoms with Gasteiger partial charge in [-0.3, -0.25) is 0 Å². The molecule has 2 aliphatic rings. The molecule has 2 nitrogen and oxygen atoms in total. The highest BCUT2D eigenvalue weighted by Gasteiger charge is 2.25. The highest BCUT2D eigenvalue weighted by Crippen LogP contribution is 2.25. The van der Waals surface area contributed by atoms with Crippen molar-refractivity contribution in [2.24, 2.45) is 0 Å². The zero-order valence-electron chi connectivity index (χ0n) is 9.47. The summed E-state index contributed by atoms with van der Waals surface area (Å²) in [6, 6.07) is 1.77. The Bertz CT molecular complexity index is 160. The second kappa shape index (κ2) is 5.13. The second-order valence-corrected chi connectivity index (χ2v) is 5.00. The van der Waals surface area contributed by atoms with Crippen molar-refractivity contribution in [3.8, 4) is 0 Å². The van der Waals surface area contributed by atoms with E-state index in [4.69, 9.17) is 0 Å². The van der Waals surface area contributed by atoms with Gasteiger partial charge >= 0.3 is 0 Å². The van der Waals surface area contributed by atoms with Crippen LogP contribution in [-0.2, 0) is 0 Å². The average molecular weight is 196 g/mol. The summed E-state index contributed by atoms with van der Waals surface area (Å²) < 4.78 is 0. The molecule has 0 radical (unpaired) electrons. The first-order valence-corrected chi connectivity index (χ1v) is 6.30. The summed E-state index contributed by atoms with van der Waals surface area (Å²) in [5.74, 6) is 0. The van der Waals surface area contributed by atoms with E-state index in [0.29, 0.717) is 0 Å². The van der Waals surface area contributed by atoms with Gasteiger partial charge in [0.25, 0.3) is 0 Å². The Labute approximate surface area is 88.1 Å². The van der Waals surface area contributed by atoms with Gasteiger partial charge in [-0.1, -0.05) is 6.42 Å². The van der Waals surface area contributed by atoms with Gasteiger partial charge < -0.3 is 10.2 Å². The summed E-state index contributed by atoms with van der Waals surface area (Å²) >= 11 is 0. The molecule has 1 atom stereocenters. The SMILES string of the molecule is CN(CCCC1CCCCN1)C1CC1. The van der Waals surface area contributed by atoms with Crippen LogP contribution in [0.2, 0.25) is 0 Å². The lowest BCUT2D eigenvalue weighted by atomic mass is 10.0. The topological polar surface area (TPSA) is 15.3 Å². The van der Waals surface area contributed by atoms with Crippen LogP contribution in [0.25, 0.3) is 0 Å². The molecule has 0 aromatic carbocycles. The van der Waals surface area contributed by atoms with Crippen LogP contribution in [-0.4, -0.2) is 37.1 Å². The summed E-state index contributed by atoms with van der Waals surface area (Å²) in [7, 11) is 2.28. The molecule has 1 saturated carbocycles. The molecule has 2 rings (SSSR count). The van der Waals surface area contributed by atoms with Gasteiger partial charge in [-0.25, -0.2) is 0 Å². The Kier molecular flexibility index (Phi) is 3.82. The van der Waals surface area contributed by atoms with Gasteiger partial charge in [0.2, 0.25) is 0 Å². The van der Waals surface area contributed by atoms with E-state index in [1.807, 2.05) is 0 Å². The normalized spacial score (nSPS) is 28.3. The summed E-state index contributed by atoms with van der Waals surface area (Å²) in [4.78, 5) is 2.54. The van der Waals surface area contributed by atoms with Crippen LogP contribution in [0, 0.1) is 0 Å². The predicted octanol–water partition coefficient (Wildman–Crippen LogP) is 2.00. The summed E-state index contributed by atoms with van der Waals surface area (Å²) in [6.45, 7) is 2.56. The first-order valence-electron chi connectivity index (χ1n) is 6.30. The van der Waals surface area contributed by atoms with Gasteiger partial charge in [-0.2, -0.15) is 0 Å². The molecule has 1 aliphatic heterocycles. The Hall–Kier alpha value is -0.0800. The molecule has 2 fully saturated rings. The molecular formula is C12H24N2. The third kappa shape index (κ3) is 3.25. The Morgan fingerprint density at radius 3 is 2.71 bits per heavy atom. The van der Waals surface area contributed by atoms with Crippen molar-refractivity contribution >= 4 is 0 Å². The molecule has 1 saturated heterocycles. The van der Waals surface area contributed by atoms with Crippen LogP contribution in [0.1, 0.15) is 44.9 Å². The lowest BCUT2D eigenvalue weighted by Crippen LogP contribution is -2.34. The summed E-state index contributed by atoms with van der Waals surface area (Å²) in [5, 5.41) is 3.62. The highest BCUT2D eigenvalue weighted by atomic mass is 15.1. The van der Waals surface area contributed by atoms with Gasteiger partial charge in [0.1, 0.15) is 0 Å². The smallest absolute Gasteiger partial charge is 0.00933 e. The van der Waals surface area contributed by atoms with Crippen LogP contribution < -0.4 is 5.32 Å². The first-order chi connectivity index (χ1) is 6.86. The van der Waals surface area contributed by atoms with E-state index in [9.17, 15) is 0 Å². The first kappa shape index (κ1) is 10.4. The van der Waals surface area contributed by atoms with Gasteiger partial charge in [0.05, 0.1) is 0 Å². The number of hydrogen-bond donors (Lipinski definition) is 1. The summed E-state index contributed by atoms with van der Waals surface area (Å²) in [6.07, 6.45) is 9.89. The van der Waals surface area contributed by atoms with E-state index >= 15 is 0 Å². The molecule has 0 aromatic rings. The van der Waals surface area contributed by atoms with E-state index in [1.54, 1.807) is 0 Å². The standard InChI is InChI=1S/C12H24N2/c1-14(12-7-8-12)10-4-6-11-5-2-3-9-13-11/h11-13H,2-10H2,1H3. The predicted molar refractivity (Wildman–Crippen MR) is 60.5 cm³/mol. The minimum absolute atomic E-state index is 0.830. The van der Waals surface area contributed by atoms with Crippen molar-refractivity contribution in [3.63, 3.8) is 0 Å². The number of rotatable bonds is 5. The van der Waals surface area contributed by atoms with Crippen LogP contribution in [0.15, 0.2) is 0 Å². The fourth-order valence-electron chi connectivity index (χ4n) is 2.46. The molecule has 2 heteroatoms. The molecule has 1 heterocycles. The minimum atomic E-state index is 0.830. The zero-order chi connectivity index (χ0) is 9.80. The average Bonchev–Trinajstić information content (AvgIpc) is 3.02. The minimum Gasteiger partial charge on any atom is -0.314 e. The molecule has 14 heavy (non-hydrogen) atoms. The van der Waals surface area contributed by atoms with Crippen LogP contribution in [0.5, 0.6) is 0 Å². The zero-order valence-corrected chi connectivity index (χ0v) is 9.47. The van der Waals surface area contributed by atoms with Gasteiger partial charge in [-0.15, -0.1) is 0 Å². The summed E-state index contributed by atoms with van der Waals surface area (Å²) in [5.41, 5.74) is 0. The molecule has 0 aromatic heterocycles. The lowest BCUT2D eigenvalue weighted by molar-refractivity contribution is 0.296. The molecule has 1 N–H and O–H groups in total. The van der Waals surface area contributed by atoms with Crippen molar-refractivity contribution < 1.29 is 0 Å². The second-order valence-electron chi connectivity index (χ2n) is 5.00. The van der Waals surface area contributed by atoms with Crippen molar-refractivity contribution in [3.05, 3.63) is 0 Å². The Balaban J connectivity index is 1.52. The maximum Gasteiger partial charge on any atom is 0.00933 e. The molecule has 0 bridgehead atoms. The van der Waals surface area contributed by atoms with Gasteiger partial charge in [-0.05, 0) is 58.7 Å². The van der Waals surface area contributed by atoms with E-state index in [0.717, 1.165) is 12.1 Å². The van der Waals surface area contributed by atoms with E-state index in [-0.39, 0.29) is 0 Å². The number of nitrogens with zero attached hydrogens (tertiary/aromatic N) is 1. The number of hydrogen-bond acceptors (Lipinski definition) is 2. The third-order valence-electron chi connectivity index (χ3n) is 3.65. The number of piperidine rings is 1. The van der Waals surface area contributed by atoms with Crippen LogP contribution in [0.3, 0.4) is 0 Å². The van der Waals surface area contributed by atoms with Crippen molar-refractivity contribution in [1.82, 2.24) is 10.2 Å². The fraction of sp³-hybridized carbons (Fsp3) is 1.00. The fourth-order valence-corrected chi connectivity index (χ4v) is 2.46. The maximum absolute atomic E-state index is 3.62. The van der Waals surface area contributed by atoms with E-state index in [2.05, 4.69) is 17.3 Å². The highest BCUT2D eigenvalue weighted by molar-refractivity contribution is 4.82. The molecule has 82 valence electrons. The van der Waals surface area contributed by atoms with Crippen LogP contribution in [0.4, 0.5) is 0 Å². The van der Waals surface area contributed by atoms with Gasteiger partial charge in [0.15, 0.2) is 0 Å². The number of nitrogens with one attached hydrogen (secondary N) is 1. The third-order valence-corrected chi connectivity index (χ3v) is 3.65. The van der Waals surface area contributed by atoms with E-state index < -0.39 is 0 Å².